The molecule has 0 fully saturated rings. The number of halogens is 1. The van der Waals surface area contributed by atoms with Crippen LogP contribution in [0.4, 0.5) is 10.2 Å². The Labute approximate surface area is 72.6 Å². The molecule has 0 atom stereocenters. The summed E-state index contributed by atoms with van der Waals surface area (Å²) < 4.78 is 12.7. The summed E-state index contributed by atoms with van der Waals surface area (Å²) in [5.74, 6) is 0.0255. The number of aromatic nitrogens is 1. The molecule has 0 radical (unpaired) electrons. The van der Waals surface area contributed by atoms with Gasteiger partial charge in [-0.1, -0.05) is 20.8 Å². The Kier molecular flexibility index (Phi) is 5.00. The lowest BCUT2D eigenvalue weighted by atomic mass is 10.2. The summed E-state index contributed by atoms with van der Waals surface area (Å²) in [5.41, 5.74) is 5.88. The zero-order valence-electron chi connectivity index (χ0n) is 7.76. The minimum absolute atomic E-state index is 0.269. The van der Waals surface area contributed by atoms with Crippen molar-refractivity contribution in [3.05, 3.63) is 23.6 Å². The Hall–Kier alpha value is -1.12. The predicted octanol–water partition coefficient (Wildman–Crippen LogP) is 2.39. The summed E-state index contributed by atoms with van der Waals surface area (Å²) in [6.07, 6.45) is 1.95. The van der Waals surface area contributed by atoms with E-state index in [0.29, 0.717) is 17.8 Å². The number of nitrogens with zero attached hydrogens (tertiary/aromatic N) is 1. The molecule has 0 aromatic carbocycles. The average molecular weight is 170 g/mol. The molecule has 0 saturated heterocycles. The van der Waals surface area contributed by atoms with E-state index in [1.54, 1.807) is 0 Å². The molecule has 0 amide bonds. The molecule has 12 heavy (non-hydrogen) atoms. The van der Waals surface area contributed by atoms with E-state index in [1.807, 2.05) is 20.8 Å². The second-order valence-corrected chi connectivity index (χ2v) is 2.01. The van der Waals surface area contributed by atoms with Crippen LogP contribution < -0.4 is 5.73 Å². The molecule has 0 unspecified atom stereocenters. The molecule has 1 heterocycles. The third-order valence-corrected chi connectivity index (χ3v) is 1.39. The van der Waals surface area contributed by atoms with E-state index in [2.05, 4.69) is 4.98 Å². The molecule has 0 aliphatic carbocycles. The highest BCUT2D eigenvalue weighted by Gasteiger charge is 2.02. The van der Waals surface area contributed by atoms with Crippen LogP contribution >= 0.6 is 0 Å². The lowest BCUT2D eigenvalue weighted by Crippen LogP contribution is -1.98. The smallest absolute Gasteiger partial charge is 0.131 e. The second-order valence-electron chi connectivity index (χ2n) is 2.01. The highest BCUT2D eigenvalue weighted by Crippen LogP contribution is 2.12. The molecule has 0 spiro atoms. The molecule has 2 nitrogen and oxygen atoms in total. The van der Waals surface area contributed by atoms with Crippen LogP contribution in [0.15, 0.2) is 12.3 Å². The Morgan fingerprint density at radius 2 is 2.08 bits per heavy atom. The van der Waals surface area contributed by atoms with E-state index < -0.39 is 0 Å². The van der Waals surface area contributed by atoms with Crippen molar-refractivity contribution in [2.75, 3.05) is 5.73 Å². The molecule has 0 aliphatic heterocycles. The maximum atomic E-state index is 12.7. The Bertz CT molecular complexity index is 216. The van der Waals surface area contributed by atoms with E-state index in [9.17, 15) is 4.39 Å². The van der Waals surface area contributed by atoms with E-state index in [0.717, 1.165) is 0 Å². The van der Waals surface area contributed by atoms with Gasteiger partial charge in [-0.3, -0.25) is 0 Å². The van der Waals surface area contributed by atoms with Crippen molar-refractivity contribution in [1.29, 1.82) is 0 Å². The molecule has 1 aromatic rings. The van der Waals surface area contributed by atoms with Crippen molar-refractivity contribution < 1.29 is 4.39 Å². The summed E-state index contributed by atoms with van der Waals surface area (Å²) in [5, 5.41) is 0. The van der Waals surface area contributed by atoms with Gasteiger partial charge in [-0.15, -0.1) is 0 Å². The average Bonchev–Trinajstić information content (AvgIpc) is 2.08. The number of pyridine rings is 1. The fourth-order valence-electron chi connectivity index (χ4n) is 0.834. The van der Waals surface area contributed by atoms with E-state index in [-0.39, 0.29) is 5.82 Å². The summed E-state index contributed by atoms with van der Waals surface area (Å²) in [6.45, 7) is 5.84. The highest BCUT2D eigenvalue weighted by molar-refractivity contribution is 5.39. The minimum atomic E-state index is -0.269. The molecule has 0 saturated carbocycles. The normalized spacial score (nSPS) is 8.67. The fraction of sp³-hybridized carbons (Fsp3) is 0.444. The van der Waals surface area contributed by atoms with Crippen molar-refractivity contribution in [3.8, 4) is 0 Å². The lowest BCUT2D eigenvalue weighted by Gasteiger charge is -2.00. The van der Waals surface area contributed by atoms with Gasteiger partial charge in [0.2, 0.25) is 0 Å². The van der Waals surface area contributed by atoms with Gasteiger partial charge in [-0.25, -0.2) is 9.37 Å². The van der Waals surface area contributed by atoms with Crippen molar-refractivity contribution in [3.63, 3.8) is 0 Å². The molecule has 0 aliphatic rings. The van der Waals surface area contributed by atoms with Crippen LogP contribution in [-0.4, -0.2) is 4.98 Å². The first-order chi connectivity index (χ1) is 5.75. The summed E-state index contributed by atoms with van der Waals surface area (Å²) in [6, 6.07) is 1.31. The van der Waals surface area contributed by atoms with Gasteiger partial charge in [0.25, 0.3) is 0 Å². The van der Waals surface area contributed by atoms with E-state index in [4.69, 9.17) is 5.73 Å². The number of nitrogen functional groups attached to an aromatic ring is 1. The van der Waals surface area contributed by atoms with Gasteiger partial charge in [0.15, 0.2) is 0 Å². The Morgan fingerprint density at radius 3 is 2.42 bits per heavy atom. The highest BCUT2D eigenvalue weighted by atomic mass is 19.1. The van der Waals surface area contributed by atoms with E-state index >= 15 is 0 Å². The van der Waals surface area contributed by atoms with Gasteiger partial charge in [0.1, 0.15) is 11.6 Å². The Balaban J connectivity index is 0.000000561. The predicted molar refractivity (Wildman–Crippen MR) is 49.3 cm³/mol. The number of nitrogens with two attached hydrogens (primary N) is 1. The van der Waals surface area contributed by atoms with Crippen molar-refractivity contribution in [2.24, 2.45) is 0 Å². The molecule has 1 rings (SSSR count). The van der Waals surface area contributed by atoms with Crippen LogP contribution in [-0.2, 0) is 6.42 Å². The van der Waals surface area contributed by atoms with Crippen LogP contribution in [0.1, 0.15) is 26.3 Å². The standard InChI is InChI=1S/C7H9FN2.C2H6/c1-2-5-6(8)3-4-10-7(5)9;1-2/h3-4H,2H2,1H3,(H2,9,10);1-2H3. The van der Waals surface area contributed by atoms with Crippen LogP contribution in [0, 0.1) is 5.82 Å². The molecule has 68 valence electrons. The Morgan fingerprint density at radius 1 is 1.50 bits per heavy atom. The molecular formula is C9H15FN2. The van der Waals surface area contributed by atoms with Gasteiger partial charge in [0, 0.05) is 11.8 Å². The van der Waals surface area contributed by atoms with Gasteiger partial charge in [0.05, 0.1) is 0 Å². The number of rotatable bonds is 1. The third kappa shape index (κ3) is 2.49. The molecule has 3 heteroatoms. The quantitative estimate of drug-likeness (QED) is 0.702. The summed E-state index contributed by atoms with van der Waals surface area (Å²) in [7, 11) is 0. The first-order valence-corrected chi connectivity index (χ1v) is 4.14. The van der Waals surface area contributed by atoms with Crippen LogP contribution in [0.5, 0.6) is 0 Å². The number of hydrogen-bond donors (Lipinski definition) is 1. The summed E-state index contributed by atoms with van der Waals surface area (Å²) >= 11 is 0. The van der Waals surface area contributed by atoms with Crippen LogP contribution in [0.3, 0.4) is 0 Å². The maximum Gasteiger partial charge on any atom is 0.131 e. The van der Waals surface area contributed by atoms with Crippen LogP contribution in [0.25, 0.3) is 0 Å². The maximum absolute atomic E-state index is 12.7. The fourth-order valence-corrected chi connectivity index (χ4v) is 0.834. The van der Waals surface area contributed by atoms with Crippen molar-refractivity contribution in [2.45, 2.75) is 27.2 Å². The van der Waals surface area contributed by atoms with Gasteiger partial charge in [-0.05, 0) is 12.5 Å². The zero-order chi connectivity index (χ0) is 9.56. The number of anilines is 1. The van der Waals surface area contributed by atoms with Crippen molar-refractivity contribution >= 4 is 5.82 Å². The second kappa shape index (κ2) is 5.52. The summed E-state index contributed by atoms with van der Waals surface area (Å²) in [4.78, 5) is 3.75. The lowest BCUT2D eigenvalue weighted by molar-refractivity contribution is 0.611. The SMILES string of the molecule is CC.CCc1c(F)ccnc1N. The molecule has 0 bridgehead atoms. The topological polar surface area (TPSA) is 38.9 Å². The largest absolute Gasteiger partial charge is 0.383 e. The monoisotopic (exact) mass is 170 g/mol. The molecule has 2 N–H and O–H groups in total. The van der Waals surface area contributed by atoms with Gasteiger partial charge >= 0.3 is 0 Å². The molecule has 1 aromatic heterocycles. The molecular weight excluding hydrogens is 155 g/mol. The van der Waals surface area contributed by atoms with E-state index in [1.165, 1.54) is 12.3 Å². The van der Waals surface area contributed by atoms with Crippen LogP contribution in [0.2, 0.25) is 0 Å². The van der Waals surface area contributed by atoms with Gasteiger partial charge < -0.3 is 5.73 Å². The zero-order valence-corrected chi connectivity index (χ0v) is 7.76. The first-order valence-electron chi connectivity index (χ1n) is 4.14. The third-order valence-electron chi connectivity index (χ3n) is 1.39. The minimum Gasteiger partial charge on any atom is -0.383 e. The number of hydrogen-bond acceptors (Lipinski definition) is 2. The van der Waals surface area contributed by atoms with Gasteiger partial charge in [-0.2, -0.15) is 0 Å². The first kappa shape index (κ1) is 10.9. The van der Waals surface area contributed by atoms with Crippen molar-refractivity contribution in [1.82, 2.24) is 4.98 Å².